The zero-order valence-corrected chi connectivity index (χ0v) is 16.3. The SMILES string of the molecule is Cn1ccc2c(C(=O)CCCCCCC(=O)Nc3ccccc3N)cccc21. The highest BCUT2D eigenvalue weighted by Gasteiger charge is 2.11. The molecule has 0 saturated heterocycles. The smallest absolute Gasteiger partial charge is 0.224 e. The molecule has 1 heterocycles. The number of carbonyl (C=O) groups excluding carboxylic acids is 2. The summed E-state index contributed by atoms with van der Waals surface area (Å²) < 4.78 is 2.03. The van der Waals surface area contributed by atoms with Crippen molar-refractivity contribution < 1.29 is 9.59 Å². The van der Waals surface area contributed by atoms with Gasteiger partial charge in [0.15, 0.2) is 5.78 Å². The van der Waals surface area contributed by atoms with Crippen molar-refractivity contribution in [3.63, 3.8) is 0 Å². The van der Waals surface area contributed by atoms with Crippen LogP contribution in [0.1, 0.15) is 48.9 Å². The standard InChI is InChI=1S/C23H27N3O2/c1-26-16-15-17-18(9-8-12-21(17)26)22(27)13-4-2-3-5-14-23(28)25-20-11-7-6-10-19(20)24/h6-12,15-16H,2-5,13-14,24H2,1H3,(H,25,28). The number of nitrogens with two attached hydrogens (primary N) is 1. The minimum Gasteiger partial charge on any atom is -0.397 e. The second-order valence-corrected chi connectivity index (χ2v) is 7.14. The number of ketones is 1. The van der Waals surface area contributed by atoms with Crippen molar-refractivity contribution in [1.82, 2.24) is 4.57 Å². The number of nitrogen functional groups attached to an aromatic ring is 1. The maximum absolute atomic E-state index is 12.6. The van der Waals surface area contributed by atoms with Gasteiger partial charge < -0.3 is 15.6 Å². The summed E-state index contributed by atoms with van der Waals surface area (Å²) in [7, 11) is 1.98. The molecule has 28 heavy (non-hydrogen) atoms. The molecule has 0 bridgehead atoms. The van der Waals surface area contributed by atoms with E-state index >= 15 is 0 Å². The predicted molar refractivity (Wildman–Crippen MR) is 114 cm³/mol. The van der Waals surface area contributed by atoms with Gasteiger partial charge in [-0.25, -0.2) is 0 Å². The van der Waals surface area contributed by atoms with Crippen LogP contribution in [0.5, 0.6) is 0 Å². The van der Waals surface area contributed by atoms with Gasteiger partial charge >= 0.3 is 0 Å². The minimum atomic E-state index is -0.0234. The Balaban J connectivity index is 1.37. The average Bonchev–Trinajstić information content (AvgIpc) is 3.07. The number of anilines is 2. The molecule has 3 rings (SSSR count). The molecule has 0 spiro atoms. The summed E-state index contributed by atoms with van der Waals surface area (Å²) in [5, 5.41) is 3.86. The van der Waals surface area contributed by atoms with E-state index in [1.54, 1.807) is 12.1 Å². The maximum atomic E-state index is 12.6. The molecular formula is C23H27N3O2. The molecule has 0 fully saturated rings. The van der Waals surface area contributed by atoms with Gasteiger partial charge in [-0.3, -0.25) is 9.59 Å². The summed E-state index contributed by atoms with van der Waals surface area (Å²) in [6.45, 7) is 0. The molecule has 1 aromatic heterocycles. The number of carbonyl (C=O) groups is 2. The monoisotopic (exact) mass is 377 g/mol. The molecule has 3 N–H and O–H groups in total. The third kappa shape index (κ3) is 4.80. The van der Waals surface area contributed by atoms with Crippen LogP contribution in [0.3, 0.4) is 0 Å². The van der Waals surface area contributed by atoms with Gasteiger partial charge in [-0.05, 0) is 37.1 Å². The van der Waals surface area contributed by atoms with Crippen LogP contribution in [0.15, 0.2) is 54.7 Å². The zero-order valence-electron chi connectivity index (χ0n) is 16.3. The minimum absolute atomic E-state index is 0.0234. The molecule has 1 amide bonds. The van der Waals surface area contributed by atoms with E-state index in [9.17, 15) is 9.59 Å². The van der Waals surface area contributed by atoms with Gasteiger partial charge in [0.1, 0.15) is 0 Å². The molecule has 0 radical (unpaired) electrons. The van der Waals surface area contributed by atoms with E-state index in [2.05, 4.69) is 5.32 Å². The van der Waals surface area contributed by atoms with Crippen LogP contribution in [0.25, 0.3) is 10.9 Å². The van der Waals surface area contributed by atoms with Crippen LogP contribution < -0.4 is 11.1 Å². The van der Waals surface area contributed by atoms with Crippen molar-refractivity contribution in [3.8, 4) is 0 Å². The summed E-state index contributed by atoms with van der Waals surface area (Å²) in [4.78, 5) is 24.6. The van der Waals surface area contributed by atoms with E-state index in [1.165, 1.54) is 0 Å². The molecule has 0 saturated carbocycles. The van der Waals surface area contributed by atoms with E-state index < -0.39 is 0 Å². The van der Waals surface area contributed by atoms with Gasteiger partial charge in [-0.15, -0.1) is 0 Å². The Morgan fingerprint density at radius 2 is 1.68 bits per heavy atom. The van der Waals surface area contributed by atoms with Crippen LogP contribution in [-0.4, -0.2) is 16.3 Å². The quantitative estimate of drug-likeness (QED) is 0.315. The van der Waals surface area contributed by atoms with Gasteiger partial charge in [0, 0.05) is 42.6 Å². The Morgan fingerprint density at radius 1 is 0.929 bits per heavy atom. The first-order chi connectivity index (χ1) is 13.6. The Labute approximate surface area is 165 Å². The number of amides is 1. The van der Waals surface area contributed by atoms with E-state index in [4.69, 9.17) is 5.73 Å². The summed E-state index contributed by atoms with van der Waals surface area (Å²) in [5.74, 6) is 0.166. The summed E-state index contributed by atoms with van der Waals surface area (Å²) in [6.07, 6.45) is 6.51. The zero-order chi connectivity index (χ0) is 19.9. The Bertz CT molecular complexity index is 975. The second kappa shape index (κ2) is 9.22. The molecule has 2 aromatic carbocycles. The number of aryl methyl sites for hydroxylation is 1. The Kier molecular flexibility index (Phi) is 6.48. The van der Waals surface area contributed by atoms with Gasteiger partial charge in [0.2, 0.25) is 5.91 Å². The molecule has 0 aliphatic rings. The number of benzene rings is 2. The number of fused-ring (bicyclic) bond motifs is 1. The van der Waals surface area contributed by atoms with E-state index in [1.807, 2.05) is 54.2 Å². The fourth-order valence-corrected chi connectivity index (χ4v) is 3.43. The Hall–Kier alpha value is -3.08. The molecule has 0 atom stereocenters. The van der Waals surface area contributed by atoms with Crippen molar-refractivity contribution in [3.05, 3.63) is 60.3 Å². The highest BCUT2D eigenvalue weighted by atomic mass is 16.1. The first-order valence-corrected chi connectivity index (χ1v) is 9.78. The van der Waals surface area contributed by atoms with Crippen molar-refractivity contribution in [2.75, 3.05) is 11.1 Å². The highest BCUT2D eigenvalue weighted by molar-refractivity contribution is 6.07. The number of Topliss-reactive ketones (excluding diaryl/α,β-unsaturated/α-hetero) is 1. The van der Waals surface area contributed by atoms with Crippen LogP contribution in [0, 0.1) is 0 Å². The second-order valence-electron chi connectivity index (χ2n) is 7.14. The number of aromatic nitrogens is 1. The first kappa shape index (κ1) is 19.7. The fourth-order valence-electron chi connectivity index (χ4n) is 3.43. The number of unbranched alkanes of at least 4 members (excludes halogenated alkanes) is 3. The molecule has 0 aliphatic heterocycles. The number of hydrogen-bond donors (Lipinski definition) is 2. The van der Waals surface area contributed by atoms with Gasteiger partial charge in [-0.1, -0.05) is 37.1 Å². The maximum Gasteiger partial charge on any atom is 0.224 e. The van der Waals surface area contributed by atoms with E-state index in [0.29, 0.717) is 24.2 Å². The third-order valence-corrected chi connectivity index (χ3v) is 5.02. The van der Waals surface area contributed by atoms with Crippen LogP contribution in [-0.2, 0) is 11.8 Å². The highest BCUT2D eigenvalue weighted by Crippen LogP contribution is 2.22. The molecule has 5 heteroatoms. The number of rotatable bonds is 9. The number of nitrogens with zero attached hydrogens (tertiary/aromatic N) is 1. The lowest BCUT2D eigenvalue weighted by atomic mass is 10.0. The van der Waals surface area contributed by atoms with Crippen molar-refractivity contribution in [2.45, 2.75) is 38.5 Å². The number of para-hydroxylation sites is 2. The molecule has 0 unspecified atom stereocenters. The van der Waals surface area contributed by atoms with E-state index in [-0.39, 0.29) is 11.7 Å². The van der Waals surface area contributed by atoms with Gasteiger partial charge in [0.25, 0.3) is 0 Å². The summed E-state index contributed by atoms with van der Waals surface area (Å²) in [6, 6.07) is 15.1. The van der Waals surface area contributed by atoms with Crippen molar-refractivity contribution in [2.24, 2.45) is 7.05 Å². The summed E-state index contributed by atoms with van der Waals surface area (Å²) >= 11 is 0. The molecular weight excluding hydrogens is 350 g/mol. The number of hydrogen-bond acceptors (Lipinski definition) is 3. The summed E-state index contributed by atoms with van der Waals surface area (Å²) in [5.41, 5.74) is 8.94. The van der Waals surface area contributed by atoms with E-state index in [0.717, 1.165) is 42.1 Å². The van der Waals surface area contributed by atoms with Crippen molar-refractivity contribution >= 4 is 34.0 Å². The van der Waals surface area contributed by atoms with Crippen molar-refractivity contribution in [1.29, 1.82) is 0 Å². The predicted octanol–water partition coefficient (Wildman–Crippen LogP) is 4.92. The van der Waals surface area contributed by atoms with Gasteiger partial charge in [-0.2, -0.15) is 0 Å². The molecule has 3 aromatic rings. The average molecular weight is 377 g/mol. The van der Waals surface area contributed by atoms with Crippen LogP contribution in [0.2, 0.25) is 0 Å². The number of nitrogens with one attached hydrogen (secondary N) is 1. The fraction of sp³-hybridized carbons (Fsp3) is 0.304. The van der Waals surface area contributed by atoms with Crippen LogP contribution >= 0.6 is 0 Å². The lowest BCUT2D eigenvalue weighted by Gasteiger charge is -2.07. The largest absolute Gasteiger partial charge is 0.397 e. The normalized spacial score (nSPS) is 10.9. The molecule has 5 nitrogen and oxygen atoms in total. The van der Waals surface area contributed by atoms with Crippen LogP contribution in [0.4, 0.5) is 11.4 Å². The lowest BCUT2D eigenvalue weighted by Crippen LogP contribution is -2.12. The lowest BCUT2D eigenvalue weighted by molar-refractivity contribution is -0.116. The molecule has 0 aliphatic carbocycles. The first-order valence-electron chi connectivity index (χ1n) is 9.78. The Morgan fingerprint density at radius 3 is 2.46 bits per heavy atom. The topological polar surface area (TPSA) is 77.1 Å². The van der Waals surface area contributed by atoms with Gasteiger partial charge in [0.05, 0.1) is 11.4 Å². The molecule has 146 valence electrons. The third-order valence-electron chi connectivity index (χ3n) is 5.02.